The first-order valence-corrected chi connectivity index (χ1v) is 4.67. The molecule has 0 aromatic carbocycles. The van der Waals surface area contributed by atoms with Crippen molar-refractivity contribution in [1.29, 1.82) is 0 Å². The monoisotopic (exact) mass is 223 g/mol. The molecule has 2 nitrogen and oxygen atoms in total. The summed E-state index contributed by atoms with van der Waals surface area (Å²) in [5.41, 5.74) is 0.690. The summed E-state index contributed by atoms with van der Waals surface area (Å²) in [7, 11) is 0. The third kappa shape index (κ3) is 3.02. The van der Waals surface area contributed by atoms with E-state index in [0.29, 0.717) is 10.4 Å². The van der Waals surface area contributed by atoms with E-state index in [1.54, 1.807) is 18.4 Å². The molecule has 0 aliphatic heterocycles. The number of rotatable bonds is 2. The Morgan fingerprint density at radius 1 is 1.57 bits per heavy atom. The van der Waals surface area contributed by atoms with Gasteiger partial charge in [-0.1, -0.05) is 0 Å². The summed E-state index contributed by atoms with van der Waals surface area (Å²) in [6.45, 7) is 0.391. The Balaban J connectivity index is 2.56. The van der Waals surface area contributed by atoms with E-state index in [0.717, 1.165) is 11.3 Å². The molecule has 0 aliphatic carbocycles. The van der Waals surface area contributed by atoms with Gasteiger partial charge in [0.25, 0.3) is 5.91 Å². The van der Waals surface area contributed by atoms with Crippen molar-refractivity contribution in [2.75, 3.05) is 6.54 Å². The van der Waals surface area contributed by atoms with Crippen LogP contribution in [0.15, 0.2) is 11.4 Å². The van der Waals surface area contributed by atoms with Gasteiger partial charge in [-0.05, 0) is 23.9 Å². The third-order valence-corrected chi connectivity index (χ3v) is 2.53. The summed E-state index contributed by atoms with van der Waals surface area (Å²) in [6, 6.07) is 1.69. The van der Waals surface area contributed by atoms with E-state index < -0.39 is 18.6 Å². The lowest BCUT2D eigenvalue weighted by Gasteiger charge is -2.07. The van der Waals surface area contributed by atoms with Crippen LogP contribution in [0.5, 0.6) is 0 Å². The molecule has 1 heterocycles. The Hall–Kier alpha value is -1.04. The van der Waals surface area contributed by atoms with Gasteiger partial charge in [0.2, 0.25) is 0 Å². The van der Waals surface area contributed by atoms with Crippen LogP contribution in [0.2, 0.25) is 0 Å². The van der Waals surface area contributed by atoms with Crippen LogP contribution in [0.3, 0.4) is 0 Å². The van der Waals surface area contributed by atoms with E-state index in [4.69, 9.17) is 0 Å². The van der Waals surface area contributed by atoms with Crippen molar-refractivity contribution in [3.63, 3.8) is 0 Å². The highest BCUT2D eigenvalue weighted by Gasteiger charge is 2.28. The first-order chi connectivity index (χ1) is 6.40. The number of hydrogen-bond acceptors (Lipinski definition) is 2. The number of amides is 1. The Morgan fingerprint density at radius 2 is 2.21 bits per heavy atom. The van der Waals surface area contributed by atoms with Crippen LogP contribution in [-0.4, -0.2) is 18.6 Å². The maximum absolute atomic E-state index is 11.7. The molecule has 78 valence electrons. The fourth-order valence-electron chi connectivity index (χ4n) is 0.866. The summed E-state index contributed by atoms with van der Waals surface area (Å²) in [5.74, 6) is -0.671. The molecule has 1 aromatic heterocycles. The van der Waals surface area contributed by atoms with Gasteiger partial charge >= 0.3 is 6.18 Å². The second kappa shape index (κ2) is 4.00. The maximum atomic E-state index is 11.7. The van der Waals surface area contributed by atoms with Gasteiger partial charge in [0.15, 0.2) is 0 Å². The van der Waals surface area contributed by atoms with Gasteiger partial charge < -0.3 is 5.32 Å². The van der Waals surface area contributed by atoms with Crippen LogP contribution in [0.4, 0.5) is 13.2 Å². The van der Waals surface area contributed by atoms with E-state index in [1.807, 2.05) is 5.32 Å². The molecule has 1 rings (SSSR count). The molecule has 0 saturated heterocycles. The van der Waals surface area contributed by atoms with Crippen LogP contribution in [0, 0.1) is 6.92 Å². The Bertz CT molecular complexity index is 332. The minimum atomic E-state index is -4.36. The molecule has 1 N–H and O–H groups in total. The molecule has 6 heteroatoms. The average Bonchev–Trinajstić information content (AvgIpc) is 2.46. The van der Waals surface area contributed by atoms with Gasteiger partial charge in [-0.2, -0.15) is 13.2 Å². The van der Waals surface area contributed by atoms with Gasteiger partial charge in [0.1, 0.15) is 6.54 Å². The predicted molar refractivity (Wildman–Crippen MR) is 47.4 cm³/mol. The van der Waals surface area contributed by atoms with Gasteiger partial charge in [-0.25, -0.2) is 0 Å². The number of aryl methyl sites for hydroxylation is 1. The Kier molecular flexibility index (Phi) is 3.15. The smallest absolute Gasteiger partial charge is 0.342 e. The van der Waals surface area contributed by atoms with Crippen molar-refractivity contribution < 1.29 is 18.0 Å². The SMILES string of the molecule is Cc1ccsc1C(=O)NCC(F)(F)F. The number of alkyl halides is 3. The maximum Gasteiger partial charge on any atom is 0.405 e. The van der Waals surface area contributed by atoms with Crippen molar-refractivity contribution in [2.24, 2.45) is 0 Å². The number of nitrogens with one attached hydrogen (secondary N) is 1. The van der Waals surface area contributed by atoms with Crippen molar-refractivity contribution in [3.8, 4) is 0 Å². The van der Waals surface area contributed by atoms with Gasteiger partial charge in [0.05, 0.1) is 4.88 Å². The summed E-state index contributed by atoms with van der Waals surface area (Å²) in [4.78, 5) is 11.5. The Morgan fingerprint density at radius 3 is 2.64 bits per heavy atom. The molecule has 0 unspecified atom stereocenters. The van der Waals surface area contributed by atoms with Gasteiger partial charge in [-0.3, -0.25) is 4.79 Å². The zero-order chi connectivity index (χ0) is 10.8. The van der Waals surface area contributed by atoms with Crippen molar-refractivity contribution in [2.45, 2.75) is 13.1 Å². The zero-order valence-electron chi connectivity index (χ0n) is 7.31. The Labute approximate surface area is 82.7 Å². The zero-order valence-corrected chi connectivity index (χ0v) is 8.13. The lowest BCUT2D eigenvalue weighted by atomic mass is 10.3. The number of halogens is 3. The summed E-state index contributed by atoms with van der Waals surface area (Å²) >= 11 is 1.13. The molecule has 0 aliphatic rings. The van der Waals surface area contributed by atoms with Gasteiger partial charge in [-0.15, -0.1) is 11.3 Å². The topological polar surface area (TPSA) is 29.1 Å². The number of carbonyl (C=O) groups is 1. The summed E-state index contributed by atoms with van der Waals surface area (Å²) < 4.78 is 35.2. The molecular weight excluding hydrogens is 215 g/mol. The number of thiophene rings is 1. The van der Waals surface area contributed by atoms with Gasteiger partial charge in [0, 0.05) is 0 Å². The first-order valence-electron chi connectivity index (χ1n) is 3.79. The molecule has 0 spiro atoms. The van der Waals surface area contributed by atoms with Crippen molar-refractivity contribution in [3.05, 3.63) is 21.9 Å². The highest BCUT2D eigenvalue weighted by atomic mass is 32.1. The second-order valence-corrected chi connectivity index (χ2v) is 3.65. The average molecular weight is 223 g/mol. The lowest BCUT2D eigenvalue weighted by molar-refractivity contribution is -0.123. The molecule has 0 saturated carbocycles. The predicted octanol–water partition coefficient (Wildman–Crippen LogP) is 2.35. The number of hydrogen-bond donors (Lipinski definition) is 1. The minimum absolute atomic E-state index is 0.328. The molecular formula is C8H8F3NOS. The van der Waals surface area contributed by atoms with E-state index in [9.17, 15) is 18.0 Å². The van der Waals surface area contributed by atoms with Crippen LogP contribution >= 0.6 is 11.3 Å². The van der Waals surface area contributed by atoms with Crippen LogP contribution < -0.4 is 5.32 Å². The molecule has 0 bridgehead atoms. The number of carbonyl (C=O) groups excluding carboxylic acids is 1. The summed E-state index contributed by atoms with van der Waals surface area (Å²) in [5, 5.41) is 3.48. The van der Waals surface area contributed by atoms with E-state index in [1.165, 1.54) is 0 Å². The fraction of sp³-hybridized carbons (Fsp3) is 0.375. The molecule has 0 fully saturated rings. The van der Waals surface area contributed by atoms with Crippen molar-refractivity contribution in [1.82, 2.24) is 5.32 Å². The van der Waals surface area contributed by atoms with Crippen LogP contribution in [-0.2, 0) is 0 Å². The minimum Gasteiger partial charge on any atom is -0.342 e. The molecule has 0 atom stereocenters. The van der Waals surface area contributed by atoms with E-state index in [2.05, 4.69) is 0 Å². The normalized spacial score (nSPS) is 11.4. The van der Waals surface area contributed by atoms with E-state index >= 15 is 0 Å². The molecule has 1 amide bonds. The molecule has 14 heavy (non-hydrogen) atoms. The van der Waals surface area contributed by atoms with Crippen molar-refractivity contribution >= 4 is 17.2 Å². The first kappa shape index (κ1) is 11.0. The van der Waals surface area contributed by atoms with Crippen LogP contribution in [0.25, 0.3) is 0 Å². The van der Waals surface area contributed by atoms with Crippen LogP contribution in [0.1, 0.15) is 15.2 Å². The second-order valence-electron chi connectivity index (χ2n) is 2.73. The standard InChI is InChI=1S/C8H8F3NOS/c1-5-2-3-14-6(5)7(13)12-4-8(9,10)11/h2-3H,4H2,1H3,(H,12,13). The third-order valence-electron chi connectivity index (χ3n) is 1.52. The molecule has 1 aromatic rings. The highest BCUT2D eigenvalue weighted by Crippen LogP contribution is 2.16. The fourth-order valence-corrected chi connectivity index (χ4v) is 1.71. The quantitative estimate of drug-likeness (QED) is 0.819. The van der Waals surface area contributed by atoms with E-state index in [-0.39, 0.29) is 0 Å². The lowest BCUT2D eigenvalue weighted by Crippen LogP contribution is -2.33. The highest BCUT2D eigenvalue weighted by molar-refractivity contribution is 7.12. The largest absolute Gasteiger partial charge is 0.405 e. The molecule has 0 radical (unpaired) electrons. The summed E-state index contributed by atoms with van der Waals surface area (Å²) in [6.07, 6.45) is -4.36.